The molecule has 5 nitrogen and oxygen atoms in total. The maximum absolute atomic E-state index is 12.1. The highest BCUT2D eigenvalue weighted by molar-refractivity contribution is 7.88. The lowest BCUT2D eigenvalue weighted by molar-refractivity contribution is 0.279. The first-order chi connectivity index (χ1) is 9.12. The molecule has 2 aliphatic rings. The van der Waals surface area contributed by atoms with E-state index in [4.69, 9.17) is 0 Å². The summed E-state index contributed by atoms with van der Waals surface area (Å²) in [4.78, 5) is 6.81. The van der Waals surface area contributed by atoms with Gasteiger partial charge in [-0.15, -0.1) is 0 Å². The Hall–Kier alpha value is -0.880. The van der Waals surface area contributed by atoms with Gasteiger partial charge in [0.1, 0.15) is 5.84 Å². The molecule has 1 fully saturated rings. The molecular formula is C14H25N3O2S. The van der Waals surface area contributed by atoms with Gasteiger partial charge in [0, 0.05) is 30.7 Å². The van der Waals surface area contributed by atoms with Gasteiger partial charge in [-0.3, -0.25) is 4.99 Å². The molecule has 0 aromatic rings. The number of hydrogen-bond acceptors (Lipinski definition) is 4. The van der Waals surface area contributed by atoms with Crippen LogP contribution in [-0.2, 0) is 10.0 Å². The largest absolute Gasteiger partial charge is 0.332 e. The summed E-state index contributed by atoms with van der Waals surface area (Å²) in [5.41, 5.74) is 2.51. The van der Waals surface area contributed by atoms with Gasteiger partial charge in [-0.05, 0) is 40.2 Å². The molecule has 0 aromatic heterocycles. The fourth-order valence-electron chi connectivity index (χ4n) is 3.35. The first-order valence-corrected chi connectivity index (χ1v) is 8.97. The van der Waals surface area contributed by atoms with Crippen LogP contribution in [-0.4, -0.2) is 54.4 Å². The maximum atomic E-state index is 12.1. The van der Waals surface area contributed by atoms with Gasteiger partial charge in [0.15, 0.2) is 0 Å². The molecule has 0 radical (unpaired) electrons. The smallest absolute Gasteiger partial charge is 0.211 e. The summed E-state index contributed by atoms with van der Waals surface area (Å²) in [5, 5.41) is 0. The predicted octanol–water partition coefficient (Wildman–Crippen LogP) is 1.83. The van der Waals surface area contributed by atoms with Crippen LogP contribution in [0.25, 0.3) is 0 Å². The fourth-order valence-corrected chi connectivity index (χ4v) is 4.80. The molecule has 1 saturated heterocycles. The topological polar surface area (TPSA) is 53.0 Å². The van der Waals surface area contributed by atoms with Gasteiger partial charge in [0.25, 0.3) is 0 Å². The molecule has 0 aliphatic carbocycles. The van der Waals surface area contributed by atoms with Crippen molar-refractivity contribution in [1.29, 1.82) is 0 Å². The summed E-state index contributed by atoms with van der Waals surface area (Å²) >= 11 is 0. The Morgan fingerprint density at radius 1 is 1.35 bits per heavy atom. The standard InChI is InChI=1S/C14H25N3O2S/c1-9(2)17(20(6,18)19)13-7-14-10(3)11(4)15-12(5)16(14)8-13/h9,11,13H,7-8H2,1-6H3/t11-,13-/m0/s1. The van der Waals surface area contributed by atoms with Crippen molar-refractivity contribution in [3.63, 3.8) is 0 Å². The van der Waals surface area contributed by atoms with Crippen molar-refractivity contribution in [2.75, 3.05) is 12.8 Å². The Labute approximate surface area is 122 Å². The second kappa shape index (κ2) is 5.15. The highest BCUT2D eigenvalue weighted by atomic mass is 32.2. The Bertz CT molecular complexity index is 563. The first kappa shape index (κ1) is 15.5. The molecule has 0 spiro atoms. The Morgan fingerprint density at radius 2 is 1.95 bits per heavy atom. The summed E-state index contributed by atoms with van der Waals surface area (Å²) in [6, 6.07) is 0.183. The summed E-state index contributed by atoms with van der Waals surface area (Å²) in [5.74, 6) is 0.998. The lowest BCUT2D eigenvalue weighted by Gasteiger charge is -2.30. The average Bonchev–Trinajstić information content (AvgIpc) is 2.68. The molecule has 0 aromatic carbocycles. The second-order valence-electron chi connectivity index (χ2n) is 6.14. The second-order valence-corrected chi connectivity index (χ2v) is 8.02. The van der Waals surface area contributed by atoms with Gasteiger partial charge < -0.3 is 4.90 Å². The SMILES string of the molecule is CC1=N[C@@H](C)C(C)=C2C[C@H](N(C(C)C)S(C)(=O)=O)CN12. The number of nitrogens with zero attached hydrogens (tertiary/aromatic N) is 3. The van der Waals surface area contributed by atoms with Crippen LogP contribution in [0.15, 0.2) is 16.3 Å². The minimum Gasteiger partial charge on any atom is -0.332 e. The zero-order valence-corrected chi connectivity index (χ0v) is 14.0. The molecule has 20 heavy (non-hydrogen) atoms. The Kier molecular flexibility index (Phi) is 3.99. The predicted molar refractivity (Wildman–Crippen MR) is 82.2 cm³/mol. The fraction of sp³-hybridized carbons (Fsp3) is 0.786. The third-order valence-electron chi connectivity index (χ3n) is 4.25. The number of sulfonamides is 1. The van der Waals surface area contributed by atoms with E-state index in [1.54, 1.807) is 4.31 Å². The molecular weight excluding hydrogens is 274 g/mol. The average molecular weight is 299 g/mol. The van der Waals surface area contributed by atoms with Crippen LogP contribution < -0.4 is 0 Å². The zero-order valence-electron chi connectivity index (χ0n) is 13.2. The van der Waals surface area contributed by atoms with Gasteiger partial charge in [-0.1, -0.05) is 0 Å². The first-order valence-electron chi connectivity index (χ1n) is 7.13. The van der Waals surface area contributed by atoms with Crippen molar-refractivity contribution in [2.45, 2.75) is 59.2 Å². The van der Waals surface area contributed by atoms with Crippen molar-refractivity contribution >= 4 is 15.9 Å². The Morgan fingerprint density at radius 3 is 2.45 bits per heavy atom. The molecule has 0 bridgehead atoms. The van der Waals surface area contributed by atoms with Crippen molar-refractivity contribution < 1.29 is 8.42 Å². The van der Waals surface area contributed by atoms with E-state index in [2.05, 4.69) is 23.7 Å². The van der Waals surface area contributed by atoms with Gasteiger partial charge in [-0.25, -0.2) is 8.42 Å². The lowest BCUT2D eigenvalue weighted by Crippen LogP contribution is -2.46. The number of aliphatic imine (C=N–C) groups is 1. The molecule has 0 amide bonds. The molecule has 6 heteroatoms. The van der Waals surface area contributed by atoms with Gasteiger partial charge in [0.2, 0.25) is 10.0 Å². The normalized spacial score (nSPS) is 27.4. The van der Waals surface area contributed by atoms with E-state index in [1.807, 2.05) is 20.8 Å². The number of rotatable bonds is 3. The van der Waals surface area contributed by atoms with E-state index >= 15 is 0 Å². The lowest BCUT2D eigenvalue weighted by atomic mass is 10.0. The monoisotopic (exact) mass is 299 g/mol. The summed E-state index contributed by atoms with van der Waals surface area (Å²) in [7, 11) is -3.19. The molecule has 2 rings (SSSR count). The maximum Gasteiger partial charge on any atom is 0.211 e. The van der Waals surface area contributed by atoms with E-state index in [0.717, 1.165) is 12.3 Å². The van der Waals surface area contributed by atoms with E-state index < -0.39 is 10.0 Å². The third-order valence-corrected chi connectivity index (χ3v) is 5.74. The molecule has 2 aliphatic heterocycles. The Balaban J connectivity index is 2.34. The van der Waals surface area contributed by atoms with Crippen LogP contribution in [0.5, 0.6) is 0 Å². The van der Waals surface area contributed by atoms with E-state index in [-0.39, 0.29) is 18.1 Å². The van der Waals surface area contributed by atoms with Crippen LogP contribution in [0, 0.1) is 0 Å². The van der Waals surface area contributed by atoms with Crippen molar-refractivity contribution in [3.8, 4) is 0 Å². The van der Waals surface area contributed by atoms with Crippen LogP contribution in [0.3, 0.4) is 0 Å². The molecule has 0 unspecified atom stereocenters. The zero-order chi connectivity index (χ0) is 15.2. The van der Waals surface area contributed by atoms with Gasteiger partial charge in [-0.2, -0.15) is 4.31 Å². The quantitative estimate of drug-likeness (QED) is 0.799. The molecule has 114 valence electrons. The van der Waals surface area contributed by atoms with Crippen molar-refractivity contribution in [3.05, 3.63) is 11.3 Å². The summed E-state index contributed by atoms with van der Waals surface area (Å²) in [6.07, 6.45) is 2.09. The van der Waals surface area contributed by atoms with Crippen LogP contribution in [0.1, 0.15) is 41.0 Å². The van der Waals surface area contributed by atoms with Gasteiger partial charge in [0.05, 0.1) is 12.3 Å². The molecule has 0 N–H and O–H groups in total. The van der Waals surface area contributed by atoms with E-state index in [9.17, 15) is 8.42 Å². The third kappa shape index (κ3) is 2.63. The highest BCUT2D eigenvalue weighted by Gasteiger charge is 2.39. The van der Waals surface area contributed by atoms with Crippen LogP contribution in [0.4, 0.5) is 0 Å². The van der Waals surface area contributed by atoms with Gasteiger partial charge >= 0.3 is 0 Å². The van der Waals surface area contributed by atoms with Crippen molar-refractivity contribution in [1.82, 2.24) is 9.21 Å². The number of amidine groups is 1. The van der Waals surface area contributed by atoms with E-state index in [1.165, 1.54) is 17.5 Å². The van der Waals surface area contributed by atoms with Crippen LogP contribution in [0.2, 0.25) is 0 Å². The van der Waals surface area contributed by atoms with Crippen LogP contribution >= 0.6 is 0 Å². The summed E-state index contributed by atoms with van der Waals surface area (Å²) in [6.45, 7) is 10.8. The number of hydrogen-bond donors (Lipinski definition) is 0. The molecule has 2 atom stereocenters. The minimum atomic E-state index is -3.19. The van der Waals surface area contributed by atoms with E-state index in [0.29, 0.717) is 6.54 Å². The molecule has 2 heterocycles. The minimum absolute atomic E-state index is 0.00500. The number of fused-ring (bicyclic) bond motifs is 1. The summed E-state index contributed by atoms with van der Waals surface area (Å²) < 4.78 is 25.8. The highest BCUT2D eigenvalue weighted by Crippen LogP contribution is 2.34. The molecule has 0 saturated carbocycles. The van der Waals surface area contributed by atoms with Crippen molar-refractivity contribution in [2.24, 2.45) is 4.99 Å².